The molecule has 2 aliphatic heterocycles. The minimum Gasteiger partial charge on any atom is -0.341 e. The Morgan fingerprint density at radius 2 is 1.74 bits per heavy atom. The van der Waals surface area contributed by atoms with Crippen LogP contribution >= 0.6 is 0 Å². The average Bonchev–Trinajstić information content (AvgIpc) is 3.09. The topological polar surface area (TPSA) is 60.9 Å². The van der Waals surface area contributed by atoms with Gasteiger partial charge in [-0.05, 0) is 43.0 Å². The van der Waals surface area contributed by atoms with Crippen LogP contribution in [-0.2, 0) is 22.6 Å². The molecule has 0 bridgehead atoms. The van der Waals surface area contributed by atoms with Gasteiger partial charge in [0.25, 0.3) is 5.91 Å². The molecular weight excluding hydrogens is 390 g/mol. The molecular formula is C25H29N3O3. The number of carbonyl (C=O) groups excluding carboxylic acids is 3. The first kappa shape index (κ1) is 21.1. The lowest BCUT2D eigenvalue weighted by molar-refractivity contribution is -0.130. The van der Waals surface area contributed by atoms with Crippen LogP contribution in [0.15, 0.2) is 48.5 Å². The first-order valence-corrected chi connectivity index (χ1v) is 10.9. The summed E-state index contributed by atoms with van der Waals surface area (Å²) in [4.78, 5) is 43.9. The van der Waals surface area contributed by atoms with Gasteiger partial charge in [0.1, 0.15) is 5.66 Å². The summed E-state index contributed by atoms with van der Waals surface area (Å²) < 4.78 is 0. The molecule has 162 valence electrons. The molecule has 0 saturated carbocycles. The summed E-state index contributed by atoms with van der Waals surface area (Å²) in [6, 6.07) is 15.5. The van der Waals surface area contributed by atoms with E-state index in [9.17, 15) is 14.4 Å². The number of nitrogens with zero attached hydrogens (tertiary/aromatic N) is 3. The van der Waals surface area contributed by atoms with E-state index >= 15 is 0 Å². The number of anilines is 1. The first-order chi connectivity index (χ1) is 14.8. The summed E-state index contributed by atoms with van der Waals surface area (Å²) in [6.07, 6.45) is 2.17. The molecule has 2 aliphatic rings. The third-order valence-electron chi connectivity index (χ3n) is 6.57. The van der Waals surface area contributed by atoms with E-state index in [0.29, 0.717) is 30.6 Å². The fourth-order valence-corrected chi connectivity index (χ4v) is 4.68. The first-order valence-electron chi connectivity index (χ1n) is 10.9. The highest BCUT2D eigenvalue weighted by molar-refractivity contribution is 6.10. The van der Waals surface area contributed by atoms with Gasteiger partial charge in [-0.1, -0.05) is 43.3 Å². The van der Waals surface area contributed by atoms with Gasteiger partial charge in [-0.3, -0.25) is 19.3 Å². The van der Waals surface area contributed by atoms with Crippen LogP contribution < -0.4 is 4.90 Å². The molecule has 1 fully saturated rings. The van der Waals surface area contributed by atoms with Crippen molar-refractivity contribution >= 4 is 23.4 Å². The van der Waals surface area contributed by atoms with E-state index in [1.807, 2.05) is 19.1 Å². The lowest BCUT2D eigenvalue weighted by atomic mass is 9.98. The zero-order valence-electron chi connectivity index (χ0n) is 18.4. The summed E-state index contributed by atoms with van der Waals surface area (Å²) in [5.74, 6) is -0.119. The van der Waals surface area contributed by atoms with Gasteiger partial charge in [-0.15, -0.1) is 0 Å². The minimum absolute atomic E-state index is 0.0198. The van der Waals surface area contributed by atoms with Gasteiger partial charge in [0.05, 0.1) is 11.3 Å². The Kier molecular flexibility index (Phi) is 5.56. The van der Waals surface area contributed by atoms with Crippen LogP contribution in [-0.4, -0.2) is 46.8 Å². The number of amides is 3. The predicted octanol–water partition coefficient (Wildman–Crippen LogP) is 3.60. The van der Waals surface area contributed by atoms with Crippen LogP contribution in [0.4, 0.5) is 5.69 Å². The number of fused-ring (bicyclic) bond motifs is 3. The van der Waals surface area contributed by atoms with Crippen molar-refractivity contribution in [3.63, 3.8) is 0 Å². The maximum Gasteiger partial charge on any atom is 0.257 e. The summed E-state index contributed by atoms with van der Waals surface area (Å²) in [6.45, 7) is 4.85. The van der Waals surface area contributed by atoms with Crippen LogP contribution in [0.2, 0.25) is 0 Å². The highest BCUT2D eigenvalue weighted by atomic mass is 16.2. The molecule has 6 nitrogen and oxygen atoms in total. The van der Waals surface area contributed by atoms with Gasteiger partial charge in [0.2, 0.25) is 11.8 Å². The number of hydrogen-bond acceptors (Lipinski definition) is 3. The maximum atomic E-state index is 13.3. The van der Waals surface area contributed by atoms with Gasteiger partial charge >= 0.3 is 0 Å². The smallest absolute Gasteiger partial charge is 0.257 e. The normalized spacial score (nSPS) is 20.0. The zero-order chi connectivity index (χ0) is 22.2. The Balaban J connectivity index is 1.47. The molecule has 3 amide bonds. The van der Waals surface area contributed by atoms with Gasteiger partial charge in [0, 0.05) is 33.0 Å². The fourth-order valence-electron chi connectivity index (χ4n) is 4.68. The number of hydrogen-bond donors (Lipinski definition) is 0. The van der Waals surface area contributed by atoms with E-state index in [-0.39, 0.29) is 30.7 Å². The fraction of sp³-hybridized carbons (Fsp3) is 0.400. The van der Waals surface area contributed by atoms with Crippen molar-refractivity contribution in [3.05, 3.63) is 65.2 Å². The molecule has 0 spiro atoms. The number of rotatable bonds is 6. The van der Waals surface area contributed by atoms with Crippen molar-refractivity contribution in [1.29, 1.82) is 0 Å². The summed E-state index contributed by atoms with van der Waals surface area (Å²) in [7, 11) is 1.79. The zero-order valence-corrected chi connectivity index (χ0v) is 18.4. The second-order valence-electron chi connectivity index (χ2n) is 8.59. The molecule has 31 heavy (non-hydrogen) atoms. The van der Waals surface area contributed by atoms with E-state index in [0.717, 1.165) is 12.0 Å². The van der Waals surface area contributed by atoms with Crippen LogP contribution in [0.3, 0.4) is 0 Å². The summed E-state index contributed by atoms with van der Waals surface area (Å²) >= 11 is 0. The highest BCUT2D eigenvalue weighted by Gasteiger charge is 2.52. The van der Waals surface area contributed by atoms with Crippen molar-refractivity contribution in [3.8, 4) is 0 Å². The predicted molar refractivity (Wildman–Crippen MR) is 120 cm³/mol. The molecule has 1 saturated heterocycles. The van der Waals surface area contributed by atoms with E-state index in [4.69, 9.17) is 0 Å². The summed E-state index contributed by atoms with van der Waals surface area (Å²) in [5.41, 5.74) is 2.82. The standard InChI is InChI=1S/C25H29N3O3/c1-4-18-9-11-19(12-10-18)17-26(3)22(29)14-16-27-24(31)20-7-5-6-8-21(20)28-23(30)13-15-25(27,28)2/h5-12H,4,13-17H2,1-3H3. The van der Waals surface area contributed by atoms with E-state index in [1.54, 1.807) is 33.9 Å². The quantitative estimate of drug-likeness (QED) is 0.719. The molecule has 0 aromatic heterocycles. The van der Waals surface area contributed by atoms with Gasteiger partial charge in [0.15, 0.2) is 0 Å². The van der Waals surface area contributed by atoms with Gasteiger partial charge < -0.3 is 9.80 Å². The third kappa shape index (κ3) is 3.71. The van der Waals surface area contributed by atoms with Crippen LogP contribution in [0.1, 0.15) is 54.6 Å². The molecule has 2 heterocycles. The number of carbonyl (C=O) groups is 3. The molecule has 4 rings (SSSR count). The Bertz CT molecular complexity index is 1020. The van der Waals surface area contributed by atoms with Gasteiger partial charge in [-0.25, -0.2) is 0 Å². The van der Waals surface area contributed by atoms with E-state index in [2.05, 4.69) is 31.2 Å². The van der Waals surface area contributed by atoms with Crippen molar-refractivity contribution in [2.24, 2.45) is 0 Å². The lowest BCUT2D eigenvalue weighted by Gasteiger charge is -2.48. The molecule has 2 aromatic carbocycles. The van der Waals surface area contributed by atoms with E-state index < -0.39 is 5.66 Å². The molecule has 0 aliphatic carbocycles. The van der Waals surface area contributed by atoms with Crippen LogP contribution in [0, 0.1) is 0 Å². The Morgan fingerprint density at radius 3 is 2.45 bits per heavy atom. The number of benzene rings is 2. The SMILES string of the molecule is CCc1ccc(CN(C)C(=O)CCN2C(=O)c3ccccc3N3C(=O)CCC23C)cc1. The second-order valence-corrected chi connectivity index (χ2v) is 8.59. The third-order valence-corrected chi connectivity index (χ3v) is 6.57. The molecule has 1 atom stereocenters. The number of aryl methyl sites for hydroxylation is 1. The minimum atomic E-state index is -0.725. The lowest BCUT2D eigenvalue weighted by Crippen LogP contribution is -2.62. The second kappa shape index (κ2) is 8.17. The molecule has 0 radical (unpaired) electrons. The highest BCUT2D eigenvalue weighted by Crippen LogP contribution is 2.43. The van der Waals surface area contributed by atoms with Crippen LogP contribution in [0.25, 0.3) is 0 Å². The Labute approximate surface area is 183 Å². The molecule has 6 heteroatoms. The molecule has 0 N–H and O–H groups in total. The molecule has 1 unspecified atom stereocenters. The number of para-hydroxylation sites is 1. The van der Waals surface area contributed by atoms with Crippen molar-refractivity contribution < 1.29 is 14.4 Å². The average molecular weight is 420 g/mol. The van der Waals surface area contributed by atoms with Crippen molar-refractivity contribution in [2.75, 3.05) is 18.5 Å². The van der Waals surface area contributed by atoms with Crippen LogP contribution in [0.5, 0.6) is 0 Å². The Morgan fingerprint density at radius 1 is 1.06 bits per heavy atom. The van der Waals surface area contributed by atoms with Crippen molar-refractivity contribution in [2.45, 2.75) is 51.7 Å². The van der Waals surface area contributed by atoms with Gasteiger partial charge in [-0.2, -0.15) is 0 Å². The Hall–Kier alpha value is -3.15. The van der Waals surface area contributed by atoms with Crippen molar-refractivity contribution in [1.82, 2.24) is 9.80 Å². The largest absolute Gasteiger partial charge is 0.341 e. The monoisotopic (exact) mass is 419 g/mol. The summed E-state index contributed by atoms with van der Waals surface area (Å²) in [5, 5.41) is 0. The maximum absolute atomic E-state index is 13.3. The van der Waals surface area contributed by atoms with E-state index in [1.165, 1.54) is 5.56 Å². The molecule has 2 aromatic rings.